The van der Waals surface area contributed by atoms with Crippen molar-refractivity contribution in [2.75, 3.05) is 6.61 Å². The van der Waals surface area contributed by atoms with Gasteiger partial charge in [0.05, 0.1) is 16.7 Å². The predicted molar refractivity (Wildman–Crippen MR) is 87.3 cm³/mol. The van der Waals surface area contributed by atoms with Gasteiger partial charge in [0, 0.05) is 12.0 Å². The number of para-hydroxylation sites is 1. The number of nitrogens with two attached hydrogens (primary N) is 1. The molecule has 0 saturated carbocycles. The molecule has 1 aliphatic rings. The molecule has 2 aromatic carbocycles. The standard InChI is InChI=1S/C17H17Cl2NO/c18-14-6-5-11(7-15(14)19)8-16(20)13-9-12-3-1-2-4-17(12)21-10-13/h1-7,13,16H,8-10,20H2. The van der Waals surface area contributed by atoms with Crippen LogP contribution in [-0.4, -0.2) is 12.6 Å². The van der Waals surface area contributed by atoms with Crippen LogP contribution in [0.4, 0.5) is 0 Å². The van der Waals surface area contributed by atoms with Gasteiger partial charge >= 0.3 is 0 Å². The van der Waals surface area contributed by atoms with E-state index in [1.807, 2.05) is 36.4 Å². The number of halogens is 2. The Bertz CT molecular complexity index is 644. The molecule has 0 radical (unpaired) electrons. The van der Waals surface area contributed by atoms with Crippen LogP contribution in [0.15, 0.2) is 42.5 Å². The highest BCUT2D eigenvalue weighted by Crippen LogP contribution is 2.29. The highest BCUT2D eigenvalue weighted by molar-refractivity contribution is 6.42. The van der Waals surface area contributed by atoms with Crippen molar-refractivity contribution in [3.05, 3.63) is 63.6 Å². The minimum Gasteiger partial charge on any atom is -0.493 e. The van der Waals surface area contributed by atoms with Crippen molar-refractivity contribution in [3.8, 4) is 5.75 Å². The number of hydrogen-bond acceptors (Lipinski definition) is 2. The van der Waals surface area contributed by atoms with Gasteiger partial charge < -0.3 is 10.5 Å². The van der Waals surface area contributed by atoms with Crippen LogP contribution in [-0.2, 0) is 12.8 Å². The van der Waals surface area contributed by atoms with Crippen molar-refractivity contribution >= 4 is 23.2 Å². The lowest BCUT2D eigenvalue weighted by Crippen LogP contribution is -2.39. The summed E-state index contributed by atoms with van der Waals surface area (Å²) < 4.78 is 5.81. The molecule has 4 heteroatoms. The average Bonchev–Trinajstić information content (AvgIpc) is 2.50. The number of ether oxygens (including phenoxy) is 1. The van der Waals surface area contributed by atoms with E-state index in [9.17, 15) is 0 Å². The van der Waals surface area contributed by atoms with Gasteiger partial charge in [-0.15, -0.1) is 0 Å². The third kappa shape index (κ3) is 3.34. The summed E-state index contributed by atoms with van der Waals surface area (Å²) in [7, 11) is 0. The molecule has 2 aromatic rings. The zero-order valence-corrected chi connectivity index (χ0v) is 13.1. The van der Waals surface area contributed by atoms with Crippen molar-refractivity contribution in [3.63, 3.8) is 0 Å². The largest absolute Gasteiger partial charge is 0.493 e. The van der Waals surface area contributed by atoms with Gasteiger partial charge in [-0.2, -0.15) is 0 Å². The monoisotopic (exact) mass is 321 g/mol. The smallest absolute Gasteiger partial charge is 0.122 e. The molecular weight excluding hydrogens is 305 g/mol. The lowest BCUT2D eigenvalue weighted by Gasteiger charge is -2.29. The lowest BCUT2D eigenvalue weighted by atomic mass is 9.87. The second-order valence-electron chi connectivity index (χ2n) is 5.50. The molecule has 0 aromatic heterocycles. The van der Waals surface area contributed by atoms with Gasteiger partial charge in [-0.25, -0.2) is 0 Å². The topological polar surface area (TPSA) is 35.2 Å². The number of benzene rings is 2. The van der Waals surface area contributed by atoms with Crippen molar-refractivity contribution in [1.82, 2.24) is 0 Å². The first kappa shape index (κ1) is 14.7. The molecule has 0 bridgehead atoms. The van der Waals surface area contributed by atoms with E-state index in [4.69, 9.17) is 33.7 Å². The molecule has 0 saturated heterocycles. The summed E-state index contributed by atoms with van der Waals surface area (Å²) >= 11 is 12.0. The van der Waals surface area contributed by atoms with E-state index in [1.54, 1.807) is 0 Å². The van der Waals surface area contributed by atoms with E-state index >= 15 is 0 Å². The van der Waals surface area contributed by atoms with Crippen molar-refractivity contribution in [2.24, 2.45) is 11.7 Å². The first-order valence-electron chi connectivity index (χ1n) is 7.03. The SMILES string of the molecule is NC(Cc1ccc(Cl)c(Cl)c1)C1COc2ccccc2C1. The number of rotatable bonds is 3. The van der Waals surface area contributed by atoms with Crippen LogP contribution < -0.4 is 10.5 Å². The van der Waals surface area contributed by atoms with E-state index in [1.165, 1.54) is 5.56 Å². The van der Waals surface area contributed by atoms with Crippen molar-refractivity contribution < 1.29 is 4.74 Å². The Morgan fingerprint density at radius 3 is 2.76 bits per heavy atom. The highest BCUT2D eigenvalue weighted by atomic mass is 35.5. The second kappa shape index (κ2) is 6.27. The minimum atomic E-state index is 0.0376. The van der Waals surface area contributed by atoms with Crippen LogP contribution in [0, 0.1) is 5.92 Å². The van der Waals surface area contributed by atoms with Gasteiger partial charge in [-0.1, -0.05) is 47.5 Å². The molecule has 0 spiro atoms. The van der Waals surface area contributed by atoms with E-state index in [0.29, 0.717) is 22.6 Å². The normalized spacial score (nSPS) is 18.7. The Kier molecular flexibility index (Phi) is 4.39. The molecule has 3 rings (SSSR count). The molecule has 2 unspecified atom stereocenters. The fourth-order valence-electron chi connectivity index (χ4n) is 2.73. The van der Waals surface area contributed by atoms with Gasteiger partial charge in [-0.3, -0.25) is 0 Å². The molecule has 2 nitrogen and oxygen atoms in total. The Morgan fingerprint density at radius 2 is 1.95 bits per heavy atom. The van der Waals surface area contributed by atoms with E-state index in [0.717, 1.165) is 24.2 Å². The molecular formula is C17H17Cl2NO. The maximum Gasteiger partial charge on any atom is 0.122 e. The summed E-state index contributed by atoms with van der Waals surface area (Å²) in [4.78, 5) is 0. The summed E-state index contributed by atoms with van der Waals surface area (Å²) in [6, 6.07) is 13.9. The maximum atomic E-state index is 6.37. The molecule has 0 amide bonds. The summed E-state index contributed by atoms with van der Waals surface area (Å²) in [5, 5.41) is 1.15. The zero-order chi connectivity index (χ0) is 14.8. The summed E-state index contributed by atoms with van der Waals surface area (Å²) in [5.74, 6) is 1.30. The minimum absolute atomic E-state index is 0.0376. The first-order chi connectivity index (χ1) is 10.1. The highest BCUT2D eigenvalue weighted by Gasteiger charge is 2.25. The molecule has 0 aliphatic carbocycles. The molecule has 21 heavy (non-hydrogen) atoms. The average molecular weight is 322 g/mol. The van der Waals surface area contributed by atoms with Gasteiger partial charge in [0.15, 0.2) is 0 Å². The summed E-state index contributed by atoms with van der Waals surface area (Å²) in [5.41, 5.74) is 8.71. The zero-order valence-electron chi connectivity index (χ0n) is 11.6. The van der Waals surface area contributed by atoms with E-state index in [-0.39, 0.29) is 6.04 Å². The lowest BCUT2D eigenvalue weighted by molar-refractivity contribution is 0.199. The Labute approximate surface area is 134 Å². The number of fused-ring (bicyclic) bond motifs is 1. The Morgan fingerprint density at radius 1 is 1.14 bits per heavy atom. The van der Waals surface area contributed by atoms with Crippen LogP contribution in [0.25, 0.3) is 0 Å². The van der Waals surface area contributed by atoms with Crippen LogP contribution in [0.5, 0.6) is 5.75 Å². The fraction of sp³-hybridized carbons (Fsp3) is 0.294. The van der Waals surface area contributed by atoms with E-state index < -0.39 is 0 Å². The van der Waals surface area contributed by atoms with Crippen LogP contribution in [0.1, 0.15) is 11.1 Å². The predicted octanol–water partition coefficient (Wildman–Crippen LogP) is 4.11. The summed E-state index contributed by atoms with van der Waals surface area (Å²) in [6.45, 7) is 0.666. The van der Waals surface area contributed by atoms with Gasteiger partial charge in [-0.05, 0) is 42.2 Å². The van der Waals surface area contributed by atoms with Crippen LogP contribution in [0.2, 0.25) is 10.0 Å². The third-order valence-corrected chi connectivity index (χ3v) is 4.71. The first-order valence-corrected chi connectivity index (χ1v) is 7.79. The van der Waals surface area contributed by atoms with Crippen molar-refractivity contribution in [1.29, 1.82) is 0 Å². The third-order valence-electron chi connectivity index (χ3n) is 3.97. The molecule has 0 fully saturated rings. The molecule has 2 atom stereocenters. The van der Waals surface area contributed by atoms with Crippen molar-refractivity contribution in [2.45, 2.75) is 18.9 Å². The van der Waals surface area contributed by atoms with Gasteiger partial charge in [0.1, 0.15) is 5.75 Å². The molecule has 110 valence electrons. The summed E-state index contributed by atoms with van der Waals surface area (Å²) in [6.07, 6.45) is 1.73. The molecule has 1 heterocycles. The Hall–Kier alpha value is -1.22. The number of hydrogen-bond donors (Lipinski definition) is 1. The van der Waals surface area contributed by atoms with Crippen LogP contribution >= 0.6 is 23.2 Å². The van der Waals surface area contributed by atoms with Gasteiger partial charge in [0.2, 0.25) is 0 Å². The quantitative estimate of drug-likeness (QED) is 0.923. The van der Waals surface area contributed by atoms with E-state index in [2.05, 4.69) is 6.07 Å². The van der Waals surface area contributed by atoms with Crippen LogP contribution in [0.3, 0.4) is 0 Å². The second-order valence-corrected chi connectivity index (χ2v) is 6.31. The molecule has 2 N–H and O–H groups in total. The molecule has 1 aliphatic heterocycles. The fourth-order valence-corrected chi connectivity index (χ4v) is 3.05. The maximum absolute atomic E-state index is 6.37. The van der Waals surface area contributed by atoms with Gasteiger partial charge in [0.25, 0.3) is 0 Å². The Balaban J connectivity index is 1.69.